The first-order valence-electron chi connectivity index (χ1n) is 13.1. The van der Waals surface area contributed by atoms with E-state index in [0.29, 0.717) is 6.54 Å². The topological polar surface area (TPSA) is 46.9 Å². The third-order valence-electron chi connectivity index (χ3n) is 7.56. The van der Waals surface area contributed by atoms with Crippen LogP contribution < -0.4 is 5.32 Å². The molecule has 0 saturated carbocycles. The highest BCUT2D eigenvalue weighted by Crippen LogP contribution is 2.26. The van der Waals surface area contributed by atoms with E-state index in [1.807, 2.05) is 26.0 Å². The Morgan fingerprint density at radius 3 is 2.28 bits per heavy atom. The Balaban J connectivity index is 1.40. The van der Waals surface area contributed by atoms with Crippen molar-refractivity contribution in [3.05, 3.63) is 98.9 Å². The number of imidazole rings is 1. The molecule has 0 bridgehead atoms. The molecule has 0 aliphatic heterocycles. The van der Waals surface area contributed by atoms with Gasteiger partial charge in [-0.05, 0) is 106 Å². The lowest BCUT2D eigenvalue weighted by molar-refractivity contribution is 0.0952. The smallest absolute Gasteiger partial charge is 0.251 e. The van der Waals surface area contributed by atoms with Gasteiger partial charge in [0, 0.05) is 25.1 Å². The molecule has 0 atom stereocenters. The zero-order valence-electron chi connectivity index (χ0n) is 22.7. The molecule has 0 aliphatic carbocycles. The molecule has 1 N–H and O–H groups in total. The first-order chi connectivity index (χ1) is 17.3. The predicted molar refractivity (Wildman–Crippen MR) is 150 cm³/mol. The largest absolute Gasteiger partial charge is 0.352 e. The van der Waals surface area contributed by atoms with Gasteiger partial charge in [0.2, 0.25) is 0 Å². The van der Waals surface area contributed by atoms with Crippen LogP contribution in [0, 0.1) is 41.5 Å². The summed E-state index contributed by atoms with van der Waals surface area (Å²) in [4.78, 5) is 17.5. The van der Waals surface area contributed by atoms with Crippen LogP contribution >= 0.6 is 0 Å². The van der Waals surface area contributed by atoms with Crippen molar-refractivity contribution in [2.24, 2.45) is 0 Å². The quantitative estimate of drug-likeness (QED) is 0.260. The van der Waals surface area contributed by atoms with Crippen LogP contribution in [-0.2, 0) is 13.0 Å². The Bertz CT molecular complexity index is 1370. The number of fused-ring (bicyclic) bond motifs is 1. The van der Waals surface area contributed by atoms with E-state index in [0.717, 1.165) is 54.7 Å². The van der Waals surface area contributed by atoms with Gasteiger partial charge in [0.25, 0.3) is 5.91 Å². The fourth-order valence-corrected chi connectivity index (χ4v) is 5.14. The summed E-state index contributed by atoms with van der Waals surface area (Å²) in [6.07, 6.45) is 4.00. The number of amides is 1. The van der Waals surface area contributed by atoms with Crippen molar-refractivity contribution in [2.75, 3.05) is 6.54 Å². The average Bonchev–Trinajstić information content (AvgIpc) is 3.19. The van der Waals surface area contributed by atoms with Gasteiger partial charge >= 0.3 is 0 Å². The van der Waals surface area contributed by atoms with Crippen molar-refractivity contribution >= 4 is 16.9 Å². The summed E-state index contributed by atoms with van der Waals surface area (Å²) in [5, 5.41) is 3.09. The Morgan fingerprint density at radius 1 is 0.833 bits per heavy atom. The Morgan fingerprint density at radius 2 is 1.56 bits per heavy atom. The van der Waals surface area contributed by atoms with Gasteiger partial charge < -0.3 is 9.88 Å². The summed E-state index contributed by atoms with van der Waals surface area (Å²) in [7, 11) is 0. The minimum Gasteiger partial charge on any atom is -0.352 e. The highest BCUT2D eigenvalue weighted by atomic mass is 16.1. The Hall–Kier alpha value is -3.40. The Kier molecular flexibility index (Phi) is 7.93. The number of para-hydroxylation sites is 2. The number of unbranched alkanes of at least 4 members (excludes halogenated alkanes) is 2. The monoisotopic (exact) mass is 481 g/mol. The number of nitrogens with zero attached hydrogens (tertiary/aromatic N) is 2. The van der Waals surface area contributed by atoms with E-state index in [1.165, 1.54) is 38.9 Å². The van der Waals surface area contributed by atoms with E-state index < -0.39 is 0 Å². The van der Waals surface area contributed by atoms with Gasteiger partial charge in [0.15, 0.2) is 0 Å². The van der Waals surface area contributed by atoms with Gasteiger partial charge in [-0.1, -0.05) is 42.3 Å². The molecule has 0 spiro atoms. The molecular weight excluding hydrogens is 442 g/mol. The van der Waals surface area contributed by atoms with Crippen molar-refractivity contribution in [1.82, 2.24) is 14.9 Å². The minimum absolute atomic E-state index is 0.0217. The number of carbonyl (C=O) groups excluding carboxylic acids is 1. The van der Waals surface area contributed by atoms with Crippen LogP contribution in [0.1, 0.15) is 74.4 Å². The number of hydrogen-bond acceptors (Lipinski definition) is 2. The van der Waals surface area contributed by atoms with E-state index in [1.54, 1.807) is 0 Å². The fourth-order valence-electron chi connectivity index (χ4n) is 5.14. The maximum atomic E-state index is 12.5. The summed E-state index contributed by atoms with van der Waals surface area (Å²) in [5.41, 5.74) is 12.1. The minimum atomic E-state index is 0.0217. The van der Waals surface area contributed by atoms with Crippen LogP contribution in [0.2, 0.25) is 0 Å². The van der Waals surface area contributed by atoms with Crippen LogP contribution in [0.25, 0.3) is 11.0 Å². The molecule has 0 saturated heterocycles. The fraction of sp³-hybridized carbons (Fsp3) is 0.375. The van der Waals surface area contributed by atoms with Crippen molar-refractivity contribution in [2.45, 2.75) is 73.8 Å². The second-order valence-electron chi connectivity index (χ2n) is 10.2. The zero-order chi connectivity index (χ0) is 25.8. The lowest BCUT2D eigenvalue weighted by Gasteiger charge is -2.18. The molecular formula is C32H39N3O. The molecule has 1 amide bonds. The molecule has 0 radical (unpaired) electrons. The van der Waals surface area contributed by atoms with Crippen LogP contribution in [0.3, 0.4) is 0 Å². The lowest BCUT2D eigenvalue weighted by Crippen LogP contribution is -2.25. The van der Waals surface area contributed by atoms with E-state index in [9.17, 15) is 4.79 Å². The maximum Gasteiger partial charge on any atom is 0.251 e. The standard InChI is InChI=1S/C32H39N3O/c1-21-15-16-27(24(4)18-21)32(36)33-17-11-7-8-14-31-34-29-12-9-10-13-30(29)35(31)20-28-25(5)22(2)19-23(3)26(28)6/h9-10,12-13,15-16,18-19H,7-8,11,14,17,20H2,1-6H3,(H,33,36). The third-order valence-corrected chi connectivity index (χ3v) is 7.56. The van der Waals surface area contributed by atoms with Gasteiger partial charge in [-0.15, -0.1) is 0 Å². The summed E-state index contributed by atoms with van der Waals surface area (Å²) in [6.45, 7) is 14.5. The number of benzene rings is 3. The second kappa shape index (κ2) is 11.1. The first-order valence-corrected chi connectivity index (χ1v) is 13.1. The third kappa shape index (κ3) is 5.53. The highest BCUT2D eigenvalue weighted by Gasteiger charge is 2.15. The molecule has 1 heterocycles. The first kappa shape index (κ1) is 25.7. The number of rotatable bonds is 9. The molecule has 1 aromatic heterocycles. The molecule has 4 aromatic rings. The second-order valence-corrected chi connectivity index (χ2v) is 10.2. The maximum absolute atomic E-state index is 12.5. The summed E-state index contributed by atoms with van der Waals surface area (Å²) in [5.74, 6) is 1.17. The van der Waals surface area contributed by atoms with Crippen molar-refractivity contribution < 1.29 is 4.79 Å². The van der Waals surface area contributed by atoms with E-state index in [-0.39, 0.29) is 5.91 Å². The normalized spacial score (nSPS) is 11.3. The summed E-state index contributed by atoms with van der Waals surface area (Å²) in [6, 6.07) is 16.7. The molecule has 0 unspecified atom stereocenters. The zero-order valence-corrected chi connectivity index (χ0v) is 22.7. The molecule has 0 aliphatic rings. The highest BCUT2D eigenvalue weighted by molar-refractivity contribution is 5.95. The van der Waals surface area contributed by atoms with E-state index in [4.69, 9.17) is 4.98 Å². The van der Waals surface area contributed by atoms with Gasteiger partial charge in [-0.3, -0.25) is 4.79 Å². The SMILES string of the molecule is Cc1ccc(C(=O)NCCCCCc2nc3ccccc3n2Cc2c(C)c(C)cc(C)c2C)c(C)c1. The van der Waals surface area contributed by atoms with Crippen LogP contribution in [0.15, 0.2) is 48.5 Å². The molecule has 3 aromatic carbocycles. The summed E-state index contributed by atoms with van der Waals surface area (Å²) >= 11 is 0. The number of aryl methyl sites for hydroxylation is 5. The van der Waals surface area contributed by atoms with E-state index >= 15 is 0 Å². The molecule has 36 heavy (non-hydrogen) atoms. The number of nitrogens with one attached hydrogen (secondary N) is 1. The van der Waals surface area contributed by atoms with Crippen molar-refractivity contribution in [1.29, 1.82) is 0 Å². The lowest BCUT2D eigenvalue weighted by atomic mass is 9.94. The molecule has 4 nitrogen and oxygen atoms in total. The van der Waals surface area contributed by atoms with Gasteiger partial charge in [-0.25, -0.2) is 4.98 Å². The van der Waals surface area contributed by atoms with Crippen molar-refractivity contribution in [3.63, 3.8) is 0 Å². The van der Waals surface area contributed by atoms with Crippen LogP contribution in [0.4, 0.5) is 0 Å². The number of hydrogen-bond donors (Lipinski definition) is 1. The molecule has 188 valence electrons. The molecule has 0 fully saturated rings. The van der Waals surface area contributed by atoms with Crippen molar-refractivity contribution in [3.8, 4) is 0 Å². The van der Waals surface area contributed by atoms with Gasteiger partial charge in [0.05, 0.1) is 11.0 Å². The van der Waals surface area contributed by atoms with Crippen LogP contribution in [0.5, 0.6) is 0 Å². The van der Waals surface area contributed by atoms with Gasteiger partial charge in [-0.2, -0.15) is 0 Å². The molecule has 4 rings (SSSR count). The Labute approximate surface area is 215 Å². The predicted octanol–water partition coefficient (Wildman–Crippen LogP) is 7.08. The average molecular weight is 482 g/mol. The number of carbonyl (C=O) groups is 1. The van der Waals surface area contributed by atoms with Crippen LogP contribution in [-0.4, -0.2) is 22.0 Å². The summed E-state index contributed by atoms with van der Waals surface area (Å²) < 4.78 is 2.41. The van der Waals surface area contributed by atoms with Gasteiger partial charge in [0.1, 0.15) is 5.82 Å². The molecule has 4 heteroatoms. The van der Waals surface area contributed by atoms with E-state index in [2.05, 4.69) is 74.0 Å². The number of aromatic nitrogens is 2.